The molecule has 0 saturated carbocycles. The molecule has 34 heavy (non-hydrogen) atoms. The zero-order chi connectivity index (χ0) is 23.8. The summed E-state index contributed by atoms with van der Waals surface area (Å²) in [6.45, 7) is 3.18. The van der Waals surface area contributed by atoms with Crippen molar-refractivity contribution >= 4 is 21.6 Å². The summed E-state index contributed by atoms with van der Waals surface area (Å²) in [5.41, 5.74) is 1.14. The molecule has 2 aliphatic heterocycles. The fourth-order valence-corrected chi connectivity index (χ4v) is 6.48. The van der Waals surface area contributed by atoms with Crippen molar-refractivity contribution in [1.82, 2.24) is 4.31 Å². The number of nitrogens with zero attached hydrogens (tertiary/aromatic N) is 2. The van der Waals surface area contributed by atoms with E-state index in [2.05, 4.69) is 0 Å². The highest BCUT2D eigenvalue weighted by atomic mass is 32.2. The van der Waals surface area contributed by atoms with Gasteiger partial charge < -0.3 is 9.64 Å². The van der Waals surface area contributed by atoms with Gasteiger partial charge in [-0.25, -0.2) is 8.42 Å². The molecule has 176 valence electrons. The zero-order valence-electron chi connectivity index (χ0n) is 19.2. The van der Waals surface area contributed by atoms with Gasteiger partial charge in [0.05, 0.1) is 10.3 Å². The fraction of sp³-hybridized carbons (Fsp3) is 0.296. The topological polar surface area (TPSA) is 66.9 Å². The number of carbonyl (C=O) groups is 1. The van der Waals surface area contributed by atoms with Crippen LogP contribution in [-0.4, -0.2) is 38.3 Å². The maximum absolute atomic E-state index is 13.6. The number of benzene rings is 3. The van der Waals surface area contributed by atoms with Crippen molar-refractivity contribution in [2.45, 2.75) is 31.1 Å². The van der Waals surface area contributed by atoms with Gasteiger partial charge in [-0.1, -0.05) is 35.9 Å². The molecule has 3 aromatic carbocycles. The smallest absolute Gasteiger partial charge is 0.243 e. The van der Waals surface area contributed by atoms with Gasteiger partial charge in [0.15, 0.2) is 0 Å². The van der Waals surface area contributed by atoms with Crippen LogP contribution in [0, 0.1) is 12.3 Å². The second kappa shape index (κ2) is 8.89. The largest absolute Gasteiger partial charge is 0.457 e. The Hall–Kier alpha value is -3.16. The molecule has 1 atom stereocenters. The molecule has 0 N–H and O–H groups in total. The molecule has 1 unspecified atom stereocenters. The van der Waals surface area contributed by atoms with Gasteiger partial charge in [0.2, 0.25) is 15.9 Å². The summed E-state index contributed by atoms with van der Waals surface area (Å²) in [7, 11) is -3.64. The predicted octanol–water partition coefficient (Wildman–Crippen LogP) is 5.00. The van der Waals surface area contributed by atoms with E-state index in [1.807, 2.05) is 61.5 Å². The number of ether oxygens (including phenoxy) is 1. The molecule has 0 aromatic heterocycles. The number of piperidine rings is 1. The number of anilines is 1. The third kappa shape index (κ3) is 4.21. The Kier molecular flexibility index (Phi) is 5.91. The van der Waals surface area contributed by atoms with Crippen LogP contribution < -0.4 is 9.64 Å². The van der Waals surface area contributed by atoms with Gasteiger partial charge >= 0.3 is 0 Å². The second-order valence-corrected chi connectivity index (χ2v) is 11.1. The molecule has 2 heterocycles. The summed E-state index contributed by atoms with van der Waals surface area (Å²) >= 11 is 0. The quantitative estimate of drug-likeness (QED) is 0.520. The first kappa shape index (κ1) is 22.6. The molecule has 7 heteroatoms. The van der Waals surface area contributed by atoms with Crippen molar-refractivity contribution in [2.75, 3.05) is 24.5 Å². The van der Waals surface area contributed by atoms with E-state index >= 15 is 0 Å². The molecule has 1 amide bonds. The van der Waals surface area contributed by atoms with Crippen molar-refractivity contribution in [3.05, 3.63) is 84.4 Å². The normalized spacial score (nSPS) is 21.2. The molecular formula is C27H28N2O4S. The number of rotatable bonds is 5. The average Bonchev–Trinajstić information content (AvgIpc) is 3.15. The zero-order valence-corrected chi connectivity index (χ0v) is 20.0. The van der Waals surface area contributed by atoms with E-state index in [4.69, 9.17) is 4.74 Å². The lowest BCUT2D eigenvalue weighted by Gasteiger charge is -2.38. The minimum absolute atomic E-state index is 0.00744. The molecule has 2 saturated heterocycles. The Morgan fingerprint density at radius 2 is 1.50 bits per heavy atom. The maximum Gasteiger partial charge on any atom is 0.243 e. The molecule has 6 nitrogen and oxygen atoms in total. The Labute approximate surface area is 200 Å². The summed E-state index contributed by atoms with van der Waals surface area (Å²) in [5, 5.41) is 0. The van der Waals surface area contributed by atoms with Crippen molar-refractivity contribution in [2.24, 2.45) is 5.41 Å². The maximum atomic E-state index is 13.6. The van der Waals surface area contributed by atoms with Gasteiger partial charge in [0.1, 0.15) is 11.5 Å². The third-order valence-electron chi connectivity index (χ3n) is 6.84. The average molecular weight is 477 g/mol. The van der Waals surface area contributed by atoms with Crippen LogP contribution in [0.2, 0.25) is 0 Å². The van der Waals surface area contributed by atoms with E-state index < -0.39 is 15.4 Å². The van der Waals surface area contributed by atoms with Gasteiger partial charge in [-0.05, 0) is 74.7 Å². The number of amides is 1. The molecule has 0 aliphatic carbocycles. The first-order valence-electron chi connectivity index (χ1n) is 11.6. The van der Waals surface area contributed by atoms with Gasteiger partial charge in [0, 0.05) is 25.3 Å². The van der Waals surface area contributed by atoms with Gasteiger partial charge in [-0.15, -0.1) is 0 Å². The van der Waals surface area contributed by atoms with Crippen molar-refractivity contribution in [3.8, 4) is 11.5 Å². The standard InChI is InChI=1S/C27H28N2O4S/c1-21-8-14-25(15-9-21)34(31,32)28-18-5-16-27(20-28)17-19-29(26(27)30)22-10-12-24(13-11-22)33-23-6-3-2-4-7-23/h2-4,6-15H,5,16-20H2,1H3. The lowest BCUT2D eigenvalue weighted by Crippen LogP contribution is -2.49. The summed E-state index contributed by atoms with van der Waals surface area (Å²) in [6, 6.07) is 23.9. The lowest BCUT2D eigenvalue weighted by molar-refractivity contribution is -0.127. The first-order valence-corrected chi connectivity index (χ1v) is 13.0. The van der Waals surface area contributed by atoms with E-state index in [9.17, 15) is 13.2 Å². The molecule has 5 rings (SSSR count). The van der Waals surface area contributed by atoms with Crippen LogP contribution in [0.5, 0.6) is 11.5 Å². The number of sulfonamides is 1. The Balaban J connectivity index is 1.32. The molecule has 3 aromatic rings. The molecule has 2 aliphatic rings. The molecule has 0 bridgehead atoms. The van der Waals surface area contributed by atoms with Crippen LogP contribution in [0.3, 0.4) is 0 Å². The van der Waals surface area contributed by atoms with E-state index in [0.29, 0.717) is 38.1 Å². The molecule has 0 radical (unpaired) electrons. The summed E-state index contributed by atoms with van der Waals surface area (Å²) in [4.78, 5) is 15.7. The second-order valence-electron chi connectivity index (χ2n) is 9.15. The van der Waals surface area contributed by atoms with Gasteiger partial charge in [0.25, 0.3) is 0 Å². The predicted molar refractivity (Wildman–Crippen MR) is 132 cm³/mol. The number of hydrogen-bond donors (Lipinski definition) is 0. The number of hydrogen-bond acceptors (Lipinski definition) is 4. The Bertz CT molecular complexity index is 1270. The van der Waals surface area contributed by atoms with Crippen molar-refractivity contribution in [3.63, 3.8) is 0 Å². The van der Waals surface area contributed by atoms with Crippen LogP contribution in [0.1, 0.15) is 24.8 Å². The fourth-order valence-electron chi connectivity index (χ4n) is 4.92. The van der Waals surface area contributed by atoms with Crippen LogP contribution in [0.15, 0.2) is 83.8 Å². The van der Waals surface area contributed by atoms with Gasteiger partial charge in [-0.3, -0.25) is 4.79 Å². The van der Waals surface area contributed by atoms with Crippen molar-refractivity contribution < 1.29 is 17.9 Å². The molecule has 1 spiro atoms. The summed E-state index contributed by atoms with van der Waals surface area (Å²) < 4.78 is 33.9. The molecule has 2 fully saturated rings. The minimum atomic E-state index is -3.64. The van der Waals surface area contributed by atoms with Crippen LogP contribution in [-0.2, 0) is 14.8 Å². The Morgan fingerprint density at radius 3 is 2.21 bits per heavy atom. The number of aryl methyl sites for hydroxylation is 1. The lowest BCUT2D eigenvalue weighted by atomic mass is 9.79. The molecular weight excluding hydrogens is 448 g/mol. The first-order chi connectivity index (χ1) is 16.4. The minimum Gasteiger partial charge on any atom is -0.457 e. The van der Waals surface area contributed by atoms with Crippen molar-refractivity contribution in [1.29, 1.82) is 0 Å². The monoisotopic (exact) mass is 476 g/mol. The van der Waals surface area contributed by atoms with E-state index in [1.54, 1.807) is 29.2 Å². The third-order valence-corrected chi connectivity index (χ3v) is 8.70. The number of para-hydroxylation sites is 1. The Morgan fingerprint density at radius 1 is 0.824 bits per heavy atom. The highest BCUT2D eigenvalue weighted by Gasteiger charge is 2.51. The van der Waals surface area contributed by atoms with Crippen LogP contribution in [0.25, 0.3) is 0 Å². The highest BCUT2D eigenvalue weighted by molar-refractivity contribution is 7.89. The van der Waals surface area contributed by atoms with E-state index in [0.717, 1.165) is 17.0 Å². The van der Waals surface area contributed by atoms with E-state index in [1.165, 1.54) is 4.31 Å². The van der Waals surface area contributed by atoms with Crippen LogP contribution in [0.4, 0.5) is 5.69 Å². The summed E-state index contributed by atoms with van der Waals surface area (Å²) in [6.07, 6.45) is 2.03. The van der Waals surface area contributed by atoms with Gasteiger partial charge in [-0.2, -0.15) is 4.31 Å². The van der Waals surface area contributed by atoms with E-state index in [-0.39, 0.29) is 17.3 Å². The number of carbonyl (C=O) groups excluding carboxylic acids is 1. The SMILES string of the molecule is Cc1ccc(S(=O)(=O)N2CCCC3(CCN(c4ccc(Oc5ccccc5)cc4)C3=O)C2)cc1. The van der Waals surface area contributed by atoms with Crippen LogP contribution >= 0.6 is 0 Å². The summed E-state index contributed by atoms with van der Waals surface area (Å²) in [5.74, 6) is 1.46. The highest BCUT2D eigenvalue weighted by Crippen LogP contribution is 2.43.